The smallest absolute Gasteiger partial charge is 0.257 e. The lowest BCUT2D eigenvalue weighted by molar-refractivity contribution is -0.119. The van der Waals surface area contributed by atoms with Crippen LogP contribution >= 0.6 is 23.8 Å². The van der Waals surface area contributed by atoms with E-state index in [2.05, 4.69) is 40.5 Å². The average molecular weight is 405 g/mol. The molecule has 0 aliphatic rings. The van der Waals surface area contributed by atoms with Gasteiger partial charge in [-0.15, -0.1) is 0 Å². The molecular formula is C20H25ClN4OS. The number of anilines is 2. The lowest BCUT2D eigenvalue weighted by Gasteiger charge is -2.16. The zero-order valence-electron chi connectivity index (χ0n) is 16.2. The summed E-state index contributed by atoms with van der Waals surface area (Å²) in [4.78, 5) is 12.1. The van der Waals surface area contributed by atoms with E-state index in [0.717, 1.165) is 33.6 Å². The fourth-order valence-electron chi connectivity index (χ4n) is 3.02. The normalized spacial score (nSPS) is 10.3. The van der Waals surface area contributed by atoms with Crippen LogP contribution in [0.15, 0.2) is 24.3 Å². The number of carbonyl (C=O) groups excluding carboxylic acids is 1. The first kappa shape index (κ1) is 21.0. The molecule has 0 bridgehead atoms. The number of thiocarbonyl (C=S) groups is 1. The Balaban J connectivity index is 1.86. The summed E-state index contributed by atoms with van der Waals surface area (Å²) in [6.07, 6.45) is 0. The van der Waals surface area contributed by atoms with Crippen LogP contribution in [0.1, 0.15) is 27.8 Å². The van der Waals surface area contributed by atoms with Crippen molar-refractivity contribution in [2.45, 2.75) is 34.6 Å². The van der Waals surface area contributed by atoms with Gasteiger partial charge in [0.1, 0.15) is 0 Å². The highest BCUT2D eigenvalue weighted by atomic mass is 35.5. The highest BCUT2D eigenvalue weighted by molar-refractivity contribution is 7.80. The van der Waals surface area contributed by atoms with Crippen molar-refractivity contribution in [3.05, 3.63) is 57.1 Å². The van der Waals surface area contributed by atoms with Gasteiger partial charge in [-0.05, 0) is 75.2 Å². The number of aryl methyl sites for hydroxylation is 5. The SMILES string of the molecule is Cc1cc(C)c(NCC(=O)NNC(=S)Nc2c(C)cc(C)cc2Cl)c(C)c1. The predicted octanol–water partition coefficient (Wildman–Crippen LogP) is 4.31. The van der Waals surface area contributed by atoms with Crippen molar-refractivity contribution in [3.63, 3.8) is 0 Å². The molecule has 0 aromatic heterocycles. The summed E-state index contributed by atoms with van der Waals surface area (Å²) in [6.45, 7) is 10.1. The standard InChI is InChI=1S/C20H25ClN4OS/c1-11-6-13(3)18(14(4)7-11)22-10-17(26)24-25-20(27)23-19-15(5)8-12(2)9-16(19)21/h6-9,22H,10H2,1-5H3,(H,24,26)(H2,23,25,27). The largest absolute Gasteiger partial charge is 0.376 e. The average Bonchev–Trinajstić information content (AvgIpc) is 2.55. The van der Waals surface area contributed by atoms with E-state index in [0.29, 0.717) is 5.02 Å². The molecule has 0 unspecified atom stereocenters. The summed E-state index contributed by atoms with van der Waals surface area (Å²) < 4.78 is 0. The predicted molar refractivity (Wildman–Crippen MR) is 118 cm³/mol. The van der Waals surface area contributed by atoms with Gasteiger partial charge in [0, 0.05) is 5.69 Å². The molecule has 0 saturated carbocycles. The lowest BCUT2D eigenvalue weighted by Crippen LogP contribution is -2.46. The zero-order chi connectivity index (χ0) is 20.1. The van der Waals surface area contributed by atoms with Gasteiger partial charge in [0.25, 0.3) is 5.91 Å². The van der Waals surface area contributed by atoms with E-state index in [1.807, 2.05) is 39.8 Å². The second-order valence-corrected chi connectivity index (χ2v) is 7.51. The van der Waals surface area contributed by atoms with Crippen molar-refractivity contribution in [2.24, 2.45) is 0 Å². The van der Waals surface area contributed by atoms with E-state index in [9.17, 15) is 4.79 Å². The molecule has 5 nitrogen and oxygen atoms in total. The van der Waals surface area contributed by atoms with Gasteiger partial charge in [-0.1, -0.05) is 35.4 Å². The Morgan fingerprint density at radius 1 is 0.889 bits per heavy atom. The van der Waals surface area contributed by atoms with Gasteiger partial charge in [0.15, 0.2) is 5.11 Å². The van der Waals surface area contributed by atoms with Crippen LogP contribution in [0, 0.1) is 34.6 Å². The fraction of sp³-hybridized carbons (Fsp3) is 0.300. The minimum atomic E-state index is -0.231. The summed E-state index contributed by atoms with van der Waals surface area (Å²) >= 11 is 11.5. The molecule has 0 fully saturated rings. The van der Waals surface area contributed by atoms with E-state index in [4.69, 9.17) is 23.8 Å². The molecule has 0 aliphatic carbocycles. The Labute approximate surface area is 170 Å². The first-order chi connectivity index (χ1) is 12.7. The summed E-state index contributed by atoms with van der Waals surface area (Å²) in [5.41, 5.74) is 12.4. The number of nitrogens with one attached hydrogen (secondary N) is 4. The van der Waals surface area contributed by atoms with Gasteiger partial charge in [0.2, 0.25) is 0 Å². The van der Waals surface area contributed by atoms with E-state index in [1.54, 1.807) is 0 Å². The molecule has 27 heavy (non-hydrogen) atoms. The van der Waals surface area contributed by atoms with Crippen molar-refractivity contribution in [1.82, 2.24) is 10.9 Å². The number of amides is 1. The Hall–Kier alpha value is -2.31. The van der Waals surface area contributed by atoms with Crippen LogP contribution in [-0.2, 0) is 4.79 Å². The number of hydrogen-bond donors (Lipinski definition) is 4. The van der Waals surface area contributed by atoms with Crippen LogP contribution in [-0.4, -0.2) is 17.6 Å². The monoisotopic (exact) mass is 404 g/mol. The zero-order valence-corrected chi connectivity index (χ0v) is 17.8. The van der Waals surface area contributed by atoms with E-state index in [-0.39, 0.29) is 17.6 Å². The van der Waals surface area contributed by atoms with Gasteiger partial charge >= 0.3 is 0 Å². The summed E-state index contributed by atoms with van der Waals surface area (Å²) in [6, 6.07) is 8.02. The number of benzene rings is 2. The van der Waals surface area contributed by atoms with Crippen molar-refractivity contribution < 1.29 is 4.79 Å². The number of hydrazine groups is 1. The molecule has 0 atom stereocenters. The van der Waals surface area contributed by atoms with Gasteiger partial charge in [-0.3, -0.25) is 15.6 Å². The quantitative estimate of drug-likeness (QED) is 0.451. The molecule has 2 aromatic rings. The molecule has 2 aromatic carbocycles. The van der Waals surface area contributed by atoms with Gasteiger partial charge < -0.3 is 10.6 Å². The topological polar surface area (TPSA) is 65.2 Å². The van der Waals surface area contributed by atoms with Crippen LogP contribution < -0.4 is 21.5 Å². The number of hydrogen-bond acceptors (Lipinski definition) is 3. The second-order valence-electron chi connectivity index (χ2n) is 6.69. The lowest BCUT2D eigenvalue weighted by atomic mass is 10.1. The summed E-state index contributed by atoms with van der Waals surface area (Å²) in [5.74, 6) is -0.231. The maximum Gasteiger partial charge on any atom is 0.257 e. The number of carbonyl (C=O) groups is 1. The molecule has 144 valence electrons. The third-order valence-electron chi connectivity index (χ3n) is 4.09. The van der Waals surface area contributed by atoms with Crippen LogP contribution in [0.3, 0.4) is 0 Å². The number of halogens is 1. The molecule has 2 rings (SSSR count). The van der Waals surface area contributed by atoms with E-state index in [1.165, 1.54) is 5.56 Å². The second kappa shape index (κ2) is 9.06. The van der Waals surface area contributed by atoms with Crippen molar-refractivity contribution in [2.75, 3.05) is 17.2 Å². The molecule has 0 heterocycles. The van der Waals surface area contributed by atoms with Gasteiger partial charge in [-0.25, -0.2) is 0 Å². The Morgan fingerprint density at radius 2 is 1.41 bits per heavy atom. The molecular weight excluding hydrogens is 380 g/mol. The van der Waals surface area contributed by atoms with Crippen LogP contribution in [0.25, 0.3) is 0 Å². The molecule has 0 spiro atoms. The Morgan fingerprint density at radius 3 is 1.96 bits per heavy atom. The van der Waals surface area contributed by atoms with E-state index < -0.39 is 0 Å². The van der Waals surface area contributed by atoms with Gasteiger partial charge in [-0.2, -0.15) is 0 Å². The highest BCUT2D eigenvalue weighted by Crippen LogP contribution is 2.27. The molecule has 1 amide bonds. The molecule has 0 aliphatic heterocycles. The highest BCUT2D eigenvalue weighted by Gasteiger charge is 2.09. The maximum absolute atomic E-state index is 12.1. The molecule has 4 N–H and O–H groups in total. The maximum atomic E-state index is 12.1. The Bertz CT molecular complexity index is 836. The van der Waals surface area contributed by atoms with E-state index >= 15 is 0 Å². The van der Waals surface area contributed by atoms with Gasteiger partial charge in [0.05, 0.1) is 17.3 Å². The van der Waals surface area contributed by atoms with Crippen LogP contribution in [0.4, 0.5) is 11.4 Å². The first-order valence-electron chi connectivity index (χ1n) is 8.61. The third kappa shape index (κ3) is 5.84. The van der Waals surface area contributed by atoms with Crippen LogP contribution in [0.2, 0.25) is 5.02 Å². The number of rotatable bonds is 4. The van der Waals surface area contributed by atoms with Crippen molar-refractivity contribution >= 4 is 46.2 Å². The molecule has 0 saturated heterocycles. The molecule has 7 heteroatoms. The first-order valence-corrected chi connectivity index (χ1v) is 9.40. The minimum Gasteiger partial charge on any atom is -0.376 e. The summed E-state index contributed by atoms with van der Waals surface area (Å²) in [5, 5.41) is 7.02. The van der Waals surface area contributed by atoms with Crippen LogP contribution in [0.5, 0.6) is 0 Å². The Kier molecular flexibility index (Phi) is 7.05. The third-order valence-corrected chi connectivity index (χ3v) is 4.59. The minimum absolute atomic E-state index is 0.130. The molecule has 0 radical (unpaired) electrons. The summed E-state index contributed by atoms with van der Waals surface area (Å²) in [7, 11) is 0. The fourth-order valence-corrected chi connectivity index (χ4v) is 3.54. The van der Waals surface area contributed by atoms with Crippen molar-refractivity contribution in [3.8, 4) is 0 Å². The van der Waals surface area contributed by atoms with Crippen molar-refractivity contribution in [1.29, 1.82) is 0 Å².